The Hall–Kier alpha value is -5.35. The summed E-state index contributed by atoms with van der Waals surface area (Å²) >= 11 is 0. The zero-order valence-corrected chi connectivity index (χ0v) is 24.2. The van der Waals surface area contributed by atoms with Crippen molar-refractivity contribution < 1.29 is 4.79 Å². The number of benzene rings is 3. The second-order valence-electron chi connectivity index (χ2n) is 11.3. The molecule has 2 amide bonds. The number of nitrogens with zero attached hydrogens (tertiary/aromatic N) is 8. The number of piperazine rings is 1. The lowest BCUT2D eigenvalue weighted by Gasteiger charge is -2.39. The first kappa shape index (κ1) is 26.3. The number of anilines is 2. The zero-order valence-electron chi connectivity index (χ0n) is 24.2. The maximum Gasteiger partial charge on any atom is 0.321 e. The molecule has 2 aliphatic heterocycles. The van der Waals surface area contributed by atoms with Gasteiger partial charge in [-0.15, -0.1) is 0 Å². The van der Waals surface area contributed by atoms with E-state index in [1.54, 1.807) is 18.7 Å². The smallest absolute Gasteiger partial charge is 0.321 e. The molecule has 0 aliphatic carbocycles. The fourth-order valence-corrected chi connectivity index (χ4v) is 6.75. The molecule has 0 radical (unpaired) electrons. The van der Waals surface area contributed by atoms with Crippen LogP contribution in [0.15, 0.2) is 110 Å². The molecule has 6 aromatic rings. The highest BCUT2D eigenvalue weighted by molar-refractivity contribution is 6.01. The summed E-state index contributed by atoms with van der Waals surface area (Å²) in [6.07, 6.45) is 7.20. The quantitative estimate of drug-likeness (QED) is 0.294. The van der Waals surface area contributed by atoms with Crippen LogP contribution in [0.2, 0.25) is 0 Å². The molecule has 0 saturated carbocycles. The van der Waals surface area contributed by atoms with Crippen molar-refractivity contribution >= 4 is 39.5 Å². The third kappa shape index (κ3) is 4.42. The molecule has 218 valence electrons. The van der Waals surface area contributed by atoms with Crippen molar-refractivity contribution in [3.05, 3.63) is 115 Å². The number of carbonyl (C=O) groups excluding carboxylic acids is 1. The molecule has 3 aromatic heterocycles. The molecule has 0 bridgehead atoms. The van der Waals surface area contributed by atoms with E-state index >= 15 is 0 Å². The average Bonchev–Trinajstić information content (AvgIpc) is 3.64. The Labute approximate surface area is 254 Å². The number of fused-ring (bicyclic) bond motifs is 3. The highest BCUT2D eigenvalue weighted by atomic mass is 16.2. The summed E-state index contributed by atoms with van der Waals surface area (Å²) in [4.78, 5) is 39.1. The van der Waals surface area contributed by atoms with E-state index in [2.05, 4.69) is 50.2 Å². The summed E-state index contributed by atoms with van der Waals surface area (Å²) in [6, 6.07) is 28.1. The van der Waals surface area contributed by atoms with E-state index in [-0.39, 0.29) is 24.3 Å². The Bertz CT molecular complexity index is 1970. The lowest BCUT2D eigenvalue weighted by molar-refractivity contribution is 0.0943. The Kier molecular flexibility index (Phi) is 6.41. The molecule has 2 aliphatic rings. The molecule has 1 N–H and O–H groups in total. The Balaban J connectivity index is 1.11. The van der Waals surface area contributed by atoms with Gasteiger partial charge in [0.05, 0.1) is 16.7 Å². The van der Waals surface area contributed by atoms with Crippen LogP contribution in [0.5, 0.6) is 0 Å². The summed E-state index contributed by atoms with van der Waals surface area (Å²) in [6.45, 7) is 4.09. The van der Waals surface area contributed by atoms with Crippen molar-refractivity contribution in [2.45, 2.75) is 25.2 Å². The van der Waals surface area contributed by atoms with E-state index in [9.17, 15) is 4.79 Å². The Morgan fingerprint density at radius 2 is 1.75 bits per heavy atom. The standard InChI is InChI=1S/C34H31N9O/c1-23-30-21-40(34(44)38-27-13-6-9-24-8-2-3-11-26(24)27)18-19-41(30)32(25-10-7-16-35-20-25)43(23)33-36-17-15-31(39-33)42-22-37-28-12-4-5-14-29(28)42/h2-17,20,22-23,30,32H,18-19,21H2,1H3,(H,38,44). The maximum absolute atomic E-state index is 13.6. The molecule has 0 spiro atoms. The largest absolute Gasteiger partial charge is 0.322 e. The van der Waals surface area contributed by atoms with Crippen molar-refractivity contribution in [3.8, 4) is 5.82 Å². The highest BCUT2D eigenvalue weighted by Gasteiger charge is 2.49. The molecule has 3 aromatic carbocycles. The van der Waals surface area contributed by atoms with E-state index in [1.807, 2.05) is 82.4 Å². The van der Waals surface area contributed by atoms with Crippen LogP contribution in [0.1, 0.15) is 18.7 Å². The van der Waals surface area contributed by atoms with Crippen molar-refractivity contribution in [1.82, 2.24) is 34.3 Å². The highest BCUT2D eigenvalue weighted by Crippen LogP contribution is 2.41. The van der Waals surface area contributed by atoms with E-state index in [1.165, 1.54) is 0 Å². The number of nitrogens with one attached hydrogen (secondary N) is 1. The van der Waals surface area contributed by atoms with E-state index in [0.29, 0.717) is 25.6 Å². The number of aromatic nitrogens is 5. The number of carbonyl (C=O) groups is 1. The van der Waals surface area contributed by atoms with Crippen LogP contribution in [-0.2, 0) is 0 Å². The second-order valence-corrected chi connectivity index (χ2v) is 11.3. The fourth-order valence-electron chi connectivity index (χ4n) is 6.75. The summed E-state index contributed by atoms with van der Waals surface area (Å²) in [5.74, 6) is 1.38. The Morgan fingerprint density at radius 1 is 0.886 bits per heavy atom. The maximum atomic E-state index is 13.6. The van der Waals surface area contributed by atoms with E-state index in [4.69, 9.17) is 9.97 Å². The first-order valence-electron chi connectivity index (χ1n) is 14.9. The normalized spacial score (nSPS) is 20.2. The Morgan fingerprint density at radius 3 is 2.66 bits per heavy atom. The minimum Gasteiger partial charge on any atom is -0.322 e. The molecule has 2 saturated heterocycles. The third-order valence-corrected chi connectivity index (χ3v) is 8.90. The molecule has 3 unspecified atom stereocenters. The lowest BCUT2D eigenvalue weighted by Crippen LogP contribution is -2.55. The van der Waals surface area contributed by atoms with Crippen LogP contribution in [0.25, 0.3) is 27.6 Å². The monoisotopic (exact) mass is 581 g/mol. The van der Waals surface area contributed by atoms with E-state index in [0.717, 1.165) is 38.9 Å². The number of imidazole rings is 1. The van der Waals surface area contributed by atoms with Crippen LogP contribution < -0.4 is 10.2 Å². The summed E-state index contributed by atoms with van der Waals surface area (Å²) < 4.78 is 1.99. The average molecular weight is 582 g/mol. The van der Waals surface area contributed by atoms with Crippen molar-refractivity contribution in [2.24, 2.45) is 0 Å². The molecular formula is C34H31N9O. The predicted molar refractivity (Wildman–Crippen MR) is 171 cm³/mol. The molecular weight excluding hydrogens is 550 g/mol. The van der Waals surface area contributed by atoms with Crippen molar-refractivity contribution in [1.29, 1.82) is 0 Å². The zero-order chi connectivity index (χ0) is 29.6. The molecule has 44 heavy (non-hydrogen) atoms. The number of para-hydroxylation sites is 2. The number of urea groups is 1. The van der Waals surface area contributed by atoms with Gasteiger partial charge in [0, 0.05) is 61.3 Å². The summed E-state index contributed by atoms with van der Waals surface area (Å²) in [7, 11) is 0. The van der Waals surface area contributed by atoms with E-state index < -0.39 is 0 Å². The fraction of sp³-hybridized carbons (Fsp3) is 0.206. The van der Waals surface area contributed by atoms with Gasteiger partial charge in [-0.05, 0) is 42.6 Å². The molecule has 10 nitrogen and oxygen atoms in total. The van der Waals surface area contributed by atoms with Gasteiger partial charge in [0.2, 0.25) is 5.95 Å². The van der Waals surface area contributed by atoms with Crippen LogP contribution in [-0.4, -0.2) is 72.1 Å². The van der Waals surface area contributed by atoms with Crippen LogP contribution in [0.3, 0.4) is 0 Å². The number of amides is 2. The van der Waals surface area contributed by atoms with Gasteiger partial charge in [0.1, 0.15) is 18.3 Å². The minimum absolute atomic E-state index is 0.0168. The van der Waals surface area contributed by atoms with Gasteiger partial charge in [-0.2, -0.15) is 4.98 Å². The van der Waals surface area contributed by atoms with Crippen LogP contribution >= 0.6 is 0 Å². The first-order valence-corrected chi connectivity index (χ1v) is 14.9. The minimum atomic E-state index is -0.123. The number of hydrogen-bond donors (Lipinski definition) is 1. The molecule has 8 rings (SSSR count). The third-order valence-electron chi connectivity index (χ3n) is 8.90. The van der Waals surface area contributed by atoms with Gasteiger partial charge in [-0.3, -0.25) is 14.5 Å². The van der Waals surface area contributed by atoms with Gasteiger partial charge in [0.25, 0.3) is 0 Å². The van der Waals surface area contributed by atoms with Crippen molar-refractivity contribution in [2.75, 3.05) is 29.9 Å². The second kappa shape index (κ2) is 10.7. The number of hydrogen-bond acceptors (Lipinski definition) is 7. The molecule has 5 heterocycles. The molecule has 2 fully saturated rings. The van der Waals surface area contributed by atoms with Gasteiger partial charge < -0.3 is 15.1 Å². The lowest BCUT2D eigenvalue weighted by atomic mass is 10.1. The van der Waals surface area contributed by atoms with Gasteiger partial charge in [0.15, 0.2) is 0 Å². The molecule has 10 heteroatoms. The van der Waals surface area contributed by atoms with Crippen LogP contribution in [0, 0.1) is 0 Å². The molecule has 3 atom stereocenters. The number of rotatable bonds is 4. The van der Waals surface area contributed by atoms with Gasteiger partial charge in [-0.25, -0.2) is 14.8 Å². The van der Waals surface area contributed by atoms with Gasteiger partial charge >= 0.3 is 6.03 Å². The van der Waals surface area contributed by atoms with Crippen molar-refractivity contribution in [3.63, 3.8) is 0 Å². The first-order chi connectivity index (χ1) is 21.7. The number of pyridine rings is 1. The summed E-state index contributed by atoms with van der Waals surface area (Å²) in [5.41, 5.74) is 3.79. The topological polar surface area (TPSA) is 95.3 Å². The predicted octanol–water partition coefficient (Wildman–Crippen LogP) is 5.49. The summed E-state index contributed by atoms with van der Waals surface area (Å²) in [5, 5.41) is 5.31. The SMILES string of the molecule is CC1C2CN(C(=O)Nc3cccc4ccccc34)CCN2C(c2cccnc2)N1c1nccc(-n2cnc3ccccc32)n1. The van der Waals surface area contributed by atoms with Gasteiger partial charge in [-0.1, -0.05) is 54.6 Å². The van der Waals surface area contributed by atoms with Crippen LogP contribution in [0.4, 0.5) is 16.4 Å².